The van der Waals surface area contributed by atoms with Gasteiger partial charge in [-0.3, -0.25) is 0 Å². The van der Waals surface area contributed by atoms with Gasteiger partial charge >= 0.3 is 0 Å². The van der Waals surface area contributed by atoms with Gasteiger partial charge in [0.1, 0.15) is 11.5 Å². The lowest BCUT2D eigenvalue weighted by Crippen LogP contribution is -2.10. The van der Waals surface area contributed by atoms with E-state index in [9.17, 15) is 0 Å². The zero-order chi connectivity index (χ0) is 43.9. The van der Waals surface area contributed by atoms with Crippen LogP contribution in [0.1, 0.15) is 57.6 Å². The summed E-state index contributed by atoms with van der Waals surface area (Å²) in [5.41, 5.74) is 15.3. The van der Waals surface area contributed by atoms with E-state index < -0.39 is 0 Å². The second-order valence-electron chi connectivity index (χ2n) is 17.7. The van der Waals surface area contributed by atoms with Gasteiger partial charge in [0.15, 0.2) is 0 Å². The molecule has 4 heteroatoms. The van der Waals surface area contributed by atoms with Crippen molar-refractivity contribution in [2.24, 2.45) is 0 Å². The molecule has 0 spiro atoms. The van der Waals surface area contributed by atoms with Crippen LogP contribution < -0.4 is 14.8 Å². The molecular weight excluding hydrogens is 781 g/mol. The molecule has 0 saturated heterocycles. The number of aromatic nitrogens is 1. The molecule has 0 bridgehead atoms. The van der Waals surface area contributed by atoms with Crippen LogP contribution in [0.3, 0.4) is 0 Å². The largest absolute Gasteiger partial charge is 0.494 e. The van der Waals surface area contributed by atoms with Gasteiger partial charge in [-0.25, -0.2) is 0 Å². The van der Waals surface area contributed by atoms with E-state index in [4.69, 9.17) is 9.47 Å². The number of ether oxygens (including phenoxy) is 2. The minimum Gasteiger partial charge on any atom is -0.494 e. The van der Waals surface area contributed by atoms with Crippen LogP contribution in [0.2, 0.25) is 0 Å². The summed E-state index contributed by atoms with van der Waals surface area (Å²) in [5, 5.41) is 6.03. The average molecular weight is 837 g/mol. The first-order valence-corrected chi connectivity index (χ1v) is 22.6. The molecule has 0 aliphatic heterocycles. The molecule has 64 heavy (non-hydrogen) atoms. The summed E-state index contributed by atoms with van der Waals surface area (Å²) in [5.74, 6) is 1.80. The van der Waals surface area contributed by atoms with Crippen LogP contribution in [0.25, 0.3) is 66.9 Å². The van der Waals surface area contributed by atoms with Crippen molar-refractivity contribution >= 4 is 39.3 Å². The molecule has 0 aliphatic carbocycles. The first-order chi connectivity index (χ1) is 31.3. The zero-order valence-corrected chi connectivity index (χ0v) is 37.2. The molecule has 1 heterocycles. The molecule has 0 aliphatic rings. The highest BCUT2D eigenvalue weighted by molar-refractivity contribution is 6.11. The number of fused-ring (bicyclic) bond motifs is 3. The summed E-state index contributed by atoms with van der Waals surface area (Å²) >= 11 is 0. The van der Waals surface area contributed by atoms with E-state index >= 15 is 0 Å². The van der Waals surface area contributed by atoms with Gasteiger partial charge in [-0.2, -0.15) is 0 Å². The summed E-state index contributed by atoms with van der Waals surface area (Å²) in [6.07, 6.45) is 6.09. The van der Waals surface area contributed by atoms with Gasteiger partial charge in [0.2, 0.25) is 0 Å². The maximum Gasteiger partial charge on any atom is 0.119 e. The molecule has 0 unspecified atom stereocenters. The molecule has 4 nitrogen and oxygen atoms in total. The minimum absolute atomic E-state index is 0.102. The normalized spacial score (nSPS) is 11.5. The number of anilines is 2. The smallest absolute Gasteiger partial charge is 0.119 e. The highest BCUT2D eigenvalue weighted by atomic mass is 16.5. The third-order valence-corrected chi connectivity index (χ3v) is 12.1. The van der Waals surface area contributed by atoms with E-state index in [0.717, 1.165) is 66.4 Å². The van der Waals surface area contributed by atoms with Crippen LogP contribution in [0.4, 0.5) is 11.4 Å². The predicted molar refractivity (Wildman–Crippen MR) is 272 cm³/mol. The van der Waals surface area contributed by atoms with Crippen molar-refractivity contribution in [3.05, 3.63) is 206 Å². The molecule has 0 saturated carbocycles. The lowest BCUT2D eigenvalue weighted by molar-refractivity contribution is 0.287. The molecule has 0 fully saturated rings. The molecular formula is C60H56N2O2. The lowest BCUT2D eigenvalue weighted by Gasteiger charge is -2.19. The molecule has 0 amide bonds. The predicted octanol–water partition coefficient (Wildman–Crippen LogP) is 16.5. The highest BCUT2D eigenvalue weighted by Crippen LogP contribution is 2.38. The van der Waals surface area contributed by atoms with Crippen molar-refractivity contribution in [1.82, 2.24) is 4.57 Å². The standard InChI is InChI=1S/C60H56N2O2/c1-5-43-15-33-54(34-16-43)63-39-11-6-7-12-40-64-55-35-31-53(32-36-55)62-58-37-23-48(46-17-25-50(26-18-46)60(2,3)4)41-56(58)57-42-49(24-38-59(57)62)47-21-29-52(30-22-47)61-51-27-19-45(20-28-51)44-13-9-8-10-14-44/h5,8-10,13-38,41-42,61H,1,6-7,11-12,39-40H2,2-4H3. The SMILES string of the molecule is C=Cc1ccc(OCCCCCCOc2ccc(-n3c4ccc(-c5ccc(Nc6ccc(-c7ccccc7)cc6)cc5)cc4c4cc(-c5ccc(C(C)(C)C)cc5)ccc43)cc2)cc1. The number of rotatable bonds is 16. The summed E-state index contributed by atoms with van der Waals surface area (Å²) in [6.45, 7) is 12.0. The van der Waals surface area contributed by atoms with E-state index in [1.807, 2.05) is 36.4 Å². The van der Waals surface area contributed by atoms with Gasteiger partial charge in [-0.15, -0.1) is 0 Å². The fourth-order valence-corrected chi connectivity index (χ4v) is 8.44. The summed E-state index contributed by atoms with van der Waals surface area (Å²) in [7, 11) is 0. The Labute approximate surface area is 378 Å². The lowest BCUT2D eigenvalue weighted by atomic mass is 9.86. The van der Waals surface area contributed by atoms with E-state index in [-0.39, 0.29) is 5.41 Å². The average Bonchev–Trinajstić information content (AvgIpc) is 3.66. The van der Waals surface area contributed by atoms with Crippen LogP contribution >= 0.6 is 0 Å². The third-order valence-electron chi connectivity index (χ3n) is 12.1. The molecule has 8 aromatic carbocycles. The second-order valence-corrected chi connectivity index (χ2v) is 17.7. The Morgan fingerprint density at radius 3 is 1.39 bits per heavy atom. The molecule has 1 N–H and O–H groups in total. The first-order valence-electron chi connectivity index (χ1n) is 22.6. The van der Waals surface area contributed by atoms with E-state index in [0.29, 0.717) is 6.61 Å². The molecule has 9 aromatic rings. The summed E-state index contributed by atoms with van der Waals surface area (Å²) in [4.78, 5) is 0. The van der Waals surface area contributed by atoms with Gasteiger partial charge in [-0.1, -0.05) is 137 Å². The van der Waals surface area contributed by atoms with Crippen molar-refractivity contribution in [2.45, 2.75) is 51.9 Å². The molecule has 0 radical (unpaired) electrons. The maximum absolute atomic E-state index is 6.22. The van der Waals surface area contributed by atoms with Crippen molar-refractivity contribution in [2.75, 3.05) is 18.5 Å². The highest BCUT2D eigenvalue weighted by Gasteiger charge is 2.17. The zero-order valence-electron chi connectivity index (χ0n) is 37.2. The topological polar surface area (TPSA) is 35.4 Å². The Bertz CT molecular complexity index is 2960. The van der Waals surface area contributed by atoms with Crippen LogP contribution in [0.15, 0.2) is 195 Å². The Morgan fingerprint density at radius 1 is 0.469 bits per heavy atom. The van der Waals surface area contributed by atoms with Crippen LogP contribution in [-0.4, -0.2) is 17.8 Å². The van der Waals surface area contributed by atoms with E-state index in [2.05, 4.69) is 195 Å². The van der Waals surface area contributed by atoms with Crippen molar-refractivity contribution in [3.8, 4) is 50.6 Å². The quantitative estimate of drug-likeness (QED) is 0.0985. The maximum atomic E-state index is 6.22. The van der Waals surface area contributed by atoms with E-state index in [1.165, 1.54) is 60.8 Å². The van der Waals surface area contributed by atoms with Crippen molar-refractivity contribution in [3.63, 3.8) is 0 Å². The number of nitrogens with one attached hydrogen (secondary N) is 1. The Balaban J connectivity index is 0.920. The Morgan fingerprint density at radius 2 is 0.906 bits per heavy atom. The van der Waals surface area contributed by atoms with Crippen LogP contribution in [0, 0.1) is 0 Å². The fraction of sp³-hybridized carbons (Fsp3) is 0.167. The number of hydrogen-bond acceptors (Lipinski definition) is 3. The first kappa shape index (κ1) is 42.0. The van der Waals surface area contributed by atoms with Gasteiger partial charge in [-0.05, 0) is 161 Å². The van der Waals surface area contributed by atoms with Crippen LogP contribution in [-0.2, 0) is 5.41 Å². The number of nitrogens with zero attached hydrogens (tertiary/aromatic N) is 1. The second kappa shape index (κ2) is 19.0. The Kier molecular flexibility index (Phi) is 12.5. The minimum atomic E-state index is 0.102. The van der Waals surface area contributed by atoms with Gasteiger partial charge in [0.05, 0.1) is 24.2 Å². The van der Waals surface area contributed by atoms with Crippen molar-refractivity contribution in [1.29, 1.82) is 0 Å². The summed E-state index contributed by atoms with van der Waals surface area (Å²) < 4.78 is 14.5. The molecule has 9 rings (SSSR count). The number of benzene rings is 8. The Hall–Kier alpha value is -7.30. The number of unbranched alkanes of at least 4 members (excludes halogenated alkanes) is 3. The third kappa shape index (κ3) is 9.67. The van der Waals surface area contributed by atoms with E-state index in [1.54, 1.807) is 0 Å². The van der Waals surface area contributed by atoms with Crippen molar-refractivity contribution < 1.29 is 9.47 Å². The monoisotopic (exact) mass is 836 g/mol. The fourth-order valence-electron chi connectivity index (χ4n) is 8.44. The van der Waals surface area contributed by atoms with Gasteiger partial charge < -0.3 is 19.4 Å². The van der Waals surface area contributed by atoms with Crippen LogP contribution in [0.5, 0.6) is 11.5 Å². The molecule has 318 valence electrons. The van der Waals surface area contributed by atoms with Gasteiger partial charge in [0, 0.05) is 27.8 Å². The summed E-state index contributed by atoms with van der Waals surface area (Å²) in [6, 6.07) is 67.3. The molecule has 0 atom stereocenters. The number of hydrogen-bond donors (Lipinski definition) is 1. The van der Waals surface area contributed by atoms with Gasteiger partial charge in [0.25, 0.3) is 0 Å². The molecule has 1 aromatic heterocycles.